The van der Waals surface area contributed by atoms with E-state index in [4.69, 9.17) is 9.47 Å². The van der Waals surface area contributed by atoms with E-state index in [9.17, 15) is 4.79 Å². The van der Waals surface area contributed by atoms with Crippen molar-refractivity contribution in [3.05, 3.63) is 23.8 Å². The third kappa shape index (κ3) is 6.69. The van der Waals surface area contributed by atoms with Gasteiger partial charge >= 0.3 is 0 Å². The number of ether oxygens (including phenoxy) is 2. The first-order valence-electron chi connectivity index (χ1n) is 8.08. The van der Waals surface area contributed by atoms with Gasteiger partial charge in [0.2, 0.25) is 5.91 Å². The average molecular weight is 414 g/mol. The maximum atomic E-state index is 12.1. The normalized spacial score (nSPS) is 10.8. The fourth-order valence-electron chi connectivity index (χ4n) is 1.92. The fourth-order valence-corrected chi connectivity index (χ4v) is 4.75. The van der Waals surface area contributed by atoms with Crippen molar-refractivity contribution in [2.24, 2.45) is 5.92 Å². The first kappa shape index (κ1) is 20.9. The van der Waals surface area contributed by atoms with Crippen LogP contribution < -0.4 is 14.8 Å². The molecule has 0 radical (unpaired) electrons. The maximum Gasteiger partial charge on any atom is 0.230 e. The number of nitrogens with one attached hydrogen (secondary N) is 1. The summed E-state index contributed by atoms with van der Waals surface area (Å²) in [5.74, 6) is 3.22. The molecule has 0 fully saturated rings. The number of carbonyl (C=O) groups is 1. The van der Waals surface area contributed by atoms with Crippen LogP contribution in [0.15, 0.2) is 26.9 Å². The van der Waals surface area contributed by atoms with Crippen LogP contribution in [0.1, 0.15) is 19.4 Å². The lowest BCUT2D eigenvalue weighted by atomic mass is 10.2. The molecular formula is C17H23N3O3S3. The molecule has 2 aromatic rings. The molecule has 2 rings (SSSR count). The molecule has 26 heavy (non-hydrogen) atoms. The summed E-state index contributed by atoms with van der Waals surface area (Å²) < 4.78 is 12.2. The summed E-state index contributed by atoms with van der Waals surface area (Å²) in [6, 6.07) is 5.58. The van der Waals surface area contributed by atoms with Gasteiger partial charge in [-0.05, 0) is 23.6 Å². The number of benzene rings is 1. The molecule has 0 atom stereocenters. The van der Waals surface area contributed by atoms with Crippen LogP contribution in [0.25, 0.3) is 0 Å². The van der Waals surface area contributed by atoms with Crippen LogP contribution in [0.3, 0.4) is 0 Å². The molecule has 0 saturated carbocycles. The predicted octanol–water partition coefficient (Wildman–Crippen LogP) is 3.71. The van der Waals surface area contributed by atoms with E-state index < -0.39 is 0 Å². The zero-order valence-electron chi connectivity index (χ0n) is 15.3. The summed E-state index contributed by atoms with van der Waals surface area (Å²) in [6.07, 6.45) is 0. The van der Waals surface area contributed by atoms with Crippen molar-refractivity contribution in [1.82, 2.24) is 15.5 Å². The smallest absolute Gasteiger partial charge is 0.230 e. The van der Waals surface area contributed by atoms with Crippen LogP contribution in [0.2, 0.25) is 0 Å². The first-order chi connectivity index (χ1) is 12.5. The standard InChI is InChI=1S/C17H23N3O3S3/c1-11(2)9-24-16-19-20-17(26-16)25-10-15(21)18-8-12-5-6-13(22-3)14(7-12)23-4/h5-7,11H,8-10H2,1-4H3,(H,18,21). The highest BCUT2D eigenvalue weighted by molar-refractivity contribution is 8.03. The van der Waals surface area contributed by atoms with E-state index in [1.165, 1.54) is 23.1 Å². The van der Waals surface area contributed by atoms with Gasteiger partial charge < -0.3 is 14.8 Å². The average Bonchev–Trinajstić information content (AvgIpc) is 3.10. The van der Waals surface area contributed by atoms with Gasteiger partial charge in [0.15, 0.2) is 20.2 Å². The Morgan fingerprint density at radius 1 is 1.15 bits per heavy atom. The summed E-state index contributed by atoms with van der Waals surface area (Å²) in [4.78, 5) is 12.1. The summed E-state index contributed by atoms with van der Waals surface area (Å²) in [5, 5.41) is 11.2. The van der Waals surface area contributed by atoms with E-state index in [0.717, 1.165) is 20.0 Å². The first-order valence-corrected chi connectivity index (χ1v) is 10.9. The van der Waals surface area contributed by atoms with Crippen molar-refractivity contribution < 1.29 is 14.3 Å². The van der Waals surface area contributed by atoms with Gasteiger partial charge in [0, 0.05) is 12.3 Å². The second kappa shape index (κ2) is 10.6. The number of hydrogen-bond donors (Lipinski definition) is 1. The number of aromatic nitrogens is 2. The van der Waals surface area contributed by atoms with Crippen molar-refractivity contribution in [3.63, 3.8) is 0 Å². The van der Waals surface area contributed by atoms with Crippen molar-refractivity contribution >= 4 is 40.8 Å². The second-order valence-electron chi connectivity index (χ2n) is 5.79. The number of carbonyl (C=O) groups excluding carboxylic acids is 1. The van der Waals surface area contributed by atoms with Crippen molar-refractivity contribution in [3.8, 4) is 11.5 Å². The molecule has 0 aliphatic carbocycles. The maximum absolute atomic E-state index is 12.1. The number of hydrogen-bond acceptors (Lipinski definition) is 8. The number of methoxy groups -OCH3 is 2. The van der Waals surface area contributed by atoms with Gasteiger partial charge in [-0.15, -0.1) is 10.2 Å². The van der Waals surface area contributed by atoms with Gasteiger partial charge in [0.05, 0.1) is 20.0 Å². The Labute approximate surface area is 166 Å². The minimum atomic E-state index is -0.0450. The minimum Gasteiger partial charge on any atom is -0.493 e. The molecule has 0 saturated heterocycles. The highest BCUT2D eigenvalue weighted by Gasteiger charge is 2.10. The number of rotatable bonds is 10. The van der Waals surface area contributed by atoms with E-state index in [-0.39, 0.29) is 5.91 Å². The summed E-state index contributed by atoms with van der Waals surface area (Å²) in [7, 11) is 3.18. The quantitative estimate of drug-likeness (QED) is 0.595. The molecule has 1 aromatic heterocycles. The lowest BCUT2D eigenvalue weighted by Gasteiger charge is -2.10. The summed E-state index contributed by atoms with van der Waals surface area (Å²) in [6.45, 7) is 4.78. The zero-order chi connectivity index (χ0) is 18.9. The molecule has 0 unspecified atom stereocenters. The Bertz CT molecular complexity index is 722. The van der Waals surface area contributed by atoms with Gasteiger partial charge in [-0.1, -0.05) is 54.8 Å². The monoisotopic (exact) mass is 413 g/mol. The van der Waals surface area contributed by atoms with E-state index in [2.05, 4.69) is 29.4 Å². The molecule has 0 bridgehead atoms. The van der Waals surface area contributed by atoms with Crippen molar-refractivity contribution in [2.45, 2.75) is 29.1 Å². The molecule has 0 aliphatic heterocycles. The lowest BCUT2D eigenvalue weighted by molar-refractivity contribution is -0.118. The second-order valence-corrected chi connectivity index (χ2v) is 9.26. The third-order valence-electron chi connectivity index (χ3n) is 3.19. The third-order valence-corrected chi connectivity index (χ3v) is 6.81. The molecule has 142 valence electrons. The van der Waals surface area contributed by atoms with Crippen molar-refractivity contribution in [2.75, 3.05) is 25.7 Å². The van der Waals surface area contributed by atoms with Gasteiger partial charge in [-0.2, -0.15) is 0 Å². The Kier molecular flexibility index (Phi) is 8.53. The van der Waals surface area contributed by atoms with Crippen LogP contribution in [0.4, 0.5) is 0 Å². The van der Waals surface area contributed by atoms with Crippen LogP contribution in [0, 0.1) is 5.92 Å². The Balaban J connectivity index is 1.77. The van der Waals surface area contributed by atoms with Gasteiger partial charge in [-0.3, -0.25) is 4.79 Å². The molecule has 9 heteroatoms. The highest BCUT2D eigenvalue weighted by atomic mass is 32.2. The fraction of sp³-hybridized carbons (Fsp3) is 0.471. The van der Waals surface area contributed by atoms with Gasteiger partial charge in [0.1, 0.15) is 0 Å². The Hall–Kier alpha value is -1.45. The Morgan fingerprint density at radius 3 is 2.50 bits per heavy atom. The molecule has 6 nitrogen and oxygen atoms in total. The molecule has 1 amide bonds. The van der Waals surface area contributed by atoms with Crippen LogP contribution in [0.5, 0.6) is 11.5 Å². The topological polar surface area (TPSA) is 73.3 Å². The van der Waals surface area contributed by atoms with Crippen molar-refractivity contribution in [1.29, 1.82) is 0 Å². The molecule has 1 aromatic carbocycles. The summed E-state index contributed by atoms with van der Waals surface area (Å²) in [5.41, 5.74) is 0.948. The summed E-state index contributed by atoms with van der Waals surface area (Å²) >= 11 is 4.65. The molecule has 1 heterocycles. The van der Waals surface area contributed by atoms with E-state index in [1.807, 2.05) is 18.2 Å². The predicted molar refractivity (Wildman–Crippen MR) is 108 cm³/mol. The molecule has 1 N–H and O–H groups in total. The molecular weight excluding hydrogens is 390 g/mol. The number of amides is 1. The molecule has 0 aliphatic rings. The van der Waals surface area contributed by atoms with E-state index >= 15 is 0 Å². The lowest BCUT2D eigenvalue weighted by Crippen LogP contribution is -2.24. The van der Waals surface area contributed by atoms with Gasteiger partial charge in [-0.25, -0.2) is 0 Å². The largest absolute Gasteiger partial charge is 0.493 e. The zero-order valence-corrected chi connectivity index (χ0v) is 17.7. The number of nitrogens with zero attached hydrogens (tertiary/aromatic N) is 2. The Morgan fingerprint density at radius 2 is 1.85 bits per heavy atom. The van der Waals surface area contributed by atoms with E-state index in [0.29, 0.717) is 29.7 Å². The van der Waals surface area contributed by atoms with Crippen LogP contribution in [-0.4, -0.2) is 41.8 Å². The van der Waals surface area contributed by atoms with Crippen LogP contribution >= 0.6 is 34.9 Å². The minimum absolute atomic E-state index is 0.0450. The highest BCUT2D eigenvalue weighted by Crippen LogP contribution is 2.30. The number of thioether (sulfide) groups is 2. The SMILES string of the molecule is COc1ccc(CNC(=O)CSc2nnc(SCC(C)C)s2)cc1OC. The van der Waals surface area contributed by atoms with E-state index in [1.54, 1.807) is 26.0 Å². The van der Waals surface area contributed by atoms with Crippen LogP contribution in [-0.2, 0) is 11.3 Å². The van der Waals surface area contributed by atoms with Gasteiger partial charge in [0.25, 0.3) is 0 Å². The molecule has 0 spiro atoms.